The number of aromatic nitrogens is 3. The first kappa shape index (κ1) is 14.6. The summed E-state index contributed by atoms with van der Waals surface area (Å²) in [5.74, 6) is 0.491. The van der Waals surface area contributed by atoms with E-state index in [4.69, 9.17) is 0 Å². The van der Waals surface area contributed by atoms with Crippen molar-refractivity contribution in [3.05, 3.63) is 29.2 Å². The molecule has 0 aliphatic heterocycles. The molecule has 1 aliphatic carbocycles. The number of nitrogens with zero attached hydrogens (tertiary/aromatic N) is 2. The van der Waals surface area contributed by atoms with Crippen LogP contribution in [0.25, 0.3) is 0 Å². The van der Waals surface area contributed by atoms with Gasteiger partial charge in [-0.3, -0.25) is 5.10 Å². The lowest BCUT2D eigenvalue weighted by molar-refractivity contribution is 0.562. The monoisotopic (exact) mass is 327 g/mol. The topological polar surface area (TPSA) is 99.8 Å². The Balaban J connectivity index is 1.66. The van der Waals surface area contributed by atoms with E-state index in [9.17, 15) is 8.42 Å². The van der Waals surface area contributed by atoms with Crippen molar-refractivity contribution >= 4 is 21.4 Å². The van der Waals surface area contributed by atoms with Crippen LogP contribution in [0.15, 0.2) is 22.0 Å². The van der Waals surface area contributed by atoms with Gasteiger partial charge in [-0.05, 0) is 36.8 Å². The Morgan fingerprint density at radius 3 is 3.00 bits per heavy atom. The standard InChI is InChI=1S/C12H17N5O2S2/c1-8(12-14-7-15-16-12)17-21(18,19)11-4-9(6-20-11)5-13-10-2-3-10/h4,6-8,10,13,17H,2-3,5H2,1H3,(H,14,15,16). The highest BCUT2D eigenvalue weighted by atomic mass is 32.2. The predicted molar refractivity (Wildman–Crippen MR) is 79.3 cm³/mol. The number of rotatable bonds is 7. The smallest absolute Gasteiger partial charge is 0.250 e. The summed E-state index contributed by atoms with van der Waals surface area (Å²) in [7, 11) is -3.53. The van der Waals surface area contributed by atoms with Gasteiger partial charge in [0.15, 0.2) is 0 Å². The summed E-state index contributed by atoms with van der Waals surface area (Å²) < 4.78 is 27.6. The molecule has 0 amide bonds. The van der Waals surface area contributed by atoms with E-state index >= 15 is 0 Å². The highest BCUT2D eigenvalue weighted by Crippen LogP contribution is 2.24. The first-order valence-electron chi connectivity index (χ1n) is 6.73. The maximum Gasteiger partial charge on any atom is 0.250 e. The molecule has 1 fully saturated rings. The van der Waals surface area contributed by atoms with E-state index in [2.05, 4.69) is 25.2 Å². The summed E-state index contributed by atoms with van der Waals surface area (Å²) in [6.45, 7) is 2.44. The molecule has 1 aliphatic rings. The van der Waals surface area contributed by atoms with Crippen LogP contribution >= 0.6 is 11.3 Å². The van der Waals surface area contributed by atoms with Crippen LogP contribution in [-0.4, -0.2) is 29.6 Å². The molecule has 2 heterocycles. The van der Waals surface area contributed by atoms with E-state index in [1.807, 2.05) is 5.38 Å². The Hall–Kier alpha value is -1.29. The molecule has 3 rings (SSSR count). The summed E-state index contributed by atoms with van der Waals surface area (Å²) in [5.41, 5.74) is 1.000. The second-order valence-corrected chi connectivity index (χ2v) is 7.99. The molecule has 3 N–H and O–H groups in total. The van der Waals surface area contributed by atoms with E-state index in [1.54, 1.807) is 13.0 Å². The van der Waals surface area contributed by atoms with Gasteiger partial charge in [0.25, 0.3) is 10.0 Å². The van der Waals surface area contributed by atoms with Gasteiger partial charge in [0.05, 0.1) is 6.04 Å². The highest BCUT2D eigenvalue weighted by molar-refractivity contribution is 7.91. The molecule has 1 saturated carbocycles. The number of sulfonamides is 1. The second kappa shape index (κ2) is 5.84. The van der Waals surface area contributed by atoms with Crippen molar-refractivity contribution in [2.45, 2.75) is 42.6 Å². The van der Waals surface area contributed by atoms with Gasteiger partial charge >= 0.3 is 0 Å². The molecule has 0 saturated heterocycles. The van der Waals surface area contributed by atoms with Gasteiger partial charge in [0.1, 0.15) is 16.4 Å². The first-order chi connectivity index (χ1) is 10.0. The number of hydrogen-bond donors (Lipinski definition) is 3. The molecular weight excluding hydrogens is 310 g/mol. The van der Waals surface area contributed by atoms with E-state index in [0.717, 1.165) is 5.56 Å². The molecule has 2 aromatic heterocycles. The van der Waals surface area contributed by atoms with Crippen molar-refractivity contribution in [3.8, 4) is 0 Å². The summed E-state index contributed by atoms with van der Waals surface area (Å²) in [6, 6.07) is 1.87. The molecule has 0 spiro atoms. The lowest BCUT2D eigenvalue weighted by atomic mass is 10.3. The Bertz CT molecular complexity index is 691. The molecule has 1 unspecified atom stereocenters. The highest BCUT2D eigenvalue weighted by Gasteiger charge is 2.23. The fourth-order valence-corrected chi connectivity index (χ4v) is 4.34. The average Bonchev–Trinajstić information content (AvgIpc) is 2.96. The Kier molecular flexibility index (Phi) is 4.07. The van der Waals surface area contributed by atoms with Gasteiger partial charge in [0.2, 0.25) is 0 Å². The van der Waals surface area contributed by atoms with Crippen molar-refractivity contribution in [1.82, 2.24) is 25.2 Å². The largest absolute Gasteiger partial charge is 0.310 e. The molecule has 1 atom stereocenters. The number of hydrogen-bond acceptors (Lipinski definition) is 6. The molecule has 0 radical (unpaired) electrons. The molecule has 9 heteroatoms. The zero-order valence-corrected chi connectivity index (χ0v) is 13.2. The molecule has 114 valence electrons. The summed E-state index contributed by atoms with van der Waals surface area (Å²) >= 11 is 1.23. The van der Waals surface area contributed by atoms with E-state index in [0.29, 0.717) is 22.6 Å². The quantitative estimate of drug-likeness (QED) is 0.708. The van der Waals surface area contributed by atoms with Crippen molar-refractivity contribution in [3.63, 3.8) is 0 Å². The maximum atomic E-state index is 12.3. The van der Waals surface area contributed by atoms with Crippen LogP contribution < -0.4 is 10.0 Å². The van der Waals surface area contributed by atoms with Crippen LogP contribution in [-0.2, 0) is 16.6 Å². The zero-order chi connectivity index (χ0) is 14.9. The SMILES string of the molecule is CC(NS(=O)(=O)c1cc(CNC2CC2)cs1)c1ncn[nH]1. The molecule has 0 bridgehead atoms. The minimum Gasteiger partial charge on any atom is -0.310 e. The van der Waals surface area contributed by atoms with Gasteiger partial charge in [0, 0.05) is 12.6 Å². The first-order valence-corrected chi connectivity index (χ1v) is 9.09. The molecule has 0 aromatic carbocycles. The van der Waals surface area contributed by atoms with Crippen LogP contribution in [0.4, 0.5) is 0 Å². The molecule has 21 heavy (non-hydrogen) atoms. The molecular formula is C12H17N5O2S2. The summed E-state index contributed by atoms with van der Waals surface area (Å²) in [6.07, 6.45) is 3.78. The zero-order valence-electron chi connectivity index (χ0n) is 11.5. The third-order valence-electron chi connectivity index (χ3n) is 3.24. The predicted octanol–water partition coefficient (Wildman–Crippen LogP) is 1.16. The maximum absolute atomic E-state index is 12.3. The van der Waals surface area contributed by atoms with E-state index in [-0.39, 0.29) is 0 Å². The van der Waals surface area contributed by atoms with Crippen molar-refractivity contribution in [2.75, 3.05) is 0 Å². The fourth-order valence-electron chi connectivity index (χ4n) is 1.91. The van der Waals surface area contributed by atoms with Gasteiger partial charge in [-0.1, -0.05) is 0 Å². The van der Waals surface area contributed by atoms with Crippen molar-refractivity contribution in [1.29, 1.82) is 0 Å². The number of aromatic amines is 1. The van der Waals surface area contributed by atoms with Crippen LogP contribution in [0.3, 0.4) is 0 Å². The summed E-state index contributed by atoms with van der Waals surface area (Å²) in [5, 5.41) is 11.6. The van der Waals surface area contributed by atoms with Crippen LogP contribution in [0.5, 0.6) is 0 Å². The lowest BCUT2D eigenvalue weighted by Gasteiger charge is -2.10. The van der Waals surface area contributed by atoms with Crippen LogP contribution in [0, 0.1) is 0 Å². The van der Waals surface area contributed by atoms with Crippen LogP contribution in [0.2, 0.25) is 0 Å². The van der Waals surface area contributed by atoms with Gasteiger partial charge in [-0.2, -0.15) is 5.10 Å². The number of thiophene rings is 1. The van der Waals surface area contributed by atoms with Crippen molar-refractivity contribution in [2.24, 2.45) is 0 Å². The fraction of sp³-hybridized carbons (Fsp3) is 0.500. The van der Waals surface area contributed by atoms with Gasteiger partial charge in [-0.25, -0.2) is 18.1 Å². The third-order valence-corrected chi connectivity index (χ3v) is 6.27. The number of H-pyrrole nitrogens is 1. The Morgan fingerprint density at radius 1 is 1.52 bits per heavy atom. The van der Waals surface area contributed by atoms with Gasteiger partial charge < -0.3 is 5.32 Å². The molecule has 7 nitrogen and oxygen atoms in total. The minimum absolute atomic E-state index is 0.321. The molecule has 2 aromatic rings. The lowest BCUT2D eigenvalue weighted by Crippen LogP contribution is -2.27. The Labute approximate surface area is 127 Å². The normalized spacial score (nSPS) is 17.0. The van der Waals surface area contributed by atoms with E-state index in [1.165, 1.54) is 30.5 Å². The van der Waals surface area contributed by atoms with Crippen LogP contribution in [0.1, 0.15) is 37.2 Å². The number of nitrogens with one attached hydrogen (secondary N) is 3. The third kappa shape index (κ3) is 3.67. The Morgan fingerprint density at radius 2 is 2.33 bits per heavy atom. The second-order valence-electron chi connectivity index (χ2n) is 5.14. The average molecular weight is 327 g/mol. The van der Waals surface area contributed by atoms with Crippen molar-refractivity contribution < 1.29 is 8.42 Å². The van der Waals surface area contributed by atoms with Gasteiger partial charge in [-0.15, -0.1) is 11.3 Å². The van der Waals surface area contributed by atoms with E-state index < -0.39 is 16.1 Å². The minimum atomic E-state index is -3.53. The summed E-state index contributed by atoms with van der Waals surface area (Å²) in [4.78, 5) is 3.95.